The van der Waals surface area contributed by atoms with Crippen LogP contribution < -0.4 is 11.1 Å². The van der Waals surface area contributed by atoms with Gasteiger partial charge in [0.05, 0.1) is 6.42 Å². The predicted octanol–water partition coefficient (Wildman–Crippen LogP) is 1.41. The van der Waals surface area contributed by atoms with Crippen molar-refractivity contribution < 1.29 is 4.79 Å². The highest BCUT2D eigenvalue weighted by atomic mass is 16.1. The summed E-state index contributed by atoms with van der Waals surface area (Å²) in [5, 5.41) is 3.13. The van der Waals surface area contributed by atoms with Crippen LogP contribution in [0.1, 0.15) is 25.3 Å². The molecule has 1 heterocycles. The second kappa shape index (κ2) is 6.57. The first kappa shape index (κ1) is 13.9. The minimum atomic E-state index is 0.111. The maximum atomic E-state index is 12.0. The number of anilines is 1. The van der Waals surface area contributed by atoms with Gasteiger partial charge in [-0.1, -0.05) is 19.1 Å². The number of nitrogen functional groups attached to an aromatic ring is 1. The number of likely N-dealkylation sites (tertiary alicyclic amines) is 1. The molecule has 1 aliphatic heterocycles. The second-order valence-electron chi connectivity index (χ2n) is 5.19. The van der Waals surface area contributed by atoms with Gasteiger partial charge in [0, 0.05) is 24.8 Å². The molecule has 1 fully saturated rings. The molecule has 1 aromatic rings. The van der Waals surface area contributed by atoms with E-state index < -0.39 is 0 Å². The highest BCUT2D eigenvalue weighted by molar-refractivity contribution is 5.79. The lowest BCUT2D eigenvalue weighted by Gasteiger charge is -2.31. The van der Waals surface area contributed by atoms with Crippen LogP contribution in [0, 0.1) is 0 Å². The van der Waals surface area contributed by atoms with Crippen molar-refractivity contribution in [3.8, 4) is 0 Å². The van der Waals surface area contributed by atoms with Crippen molar-refractivity contribution >= 4 is 11.6 Å². The number of nitrogens with one attached hydrogen (secondary N) is 1. The van der Waals surface area contributed by atoms with E-state index in [0.29, 0.717) is 12.5 Å². The lowest BCUT2D eigenvalue weighted by Crippen LogP contribution is -2.44. The standard InChI is InChI=1S/C15H23N3O/c1-2-18-9-7-14(8-10-18)17-15(19)11-12-3-5-13(16)6-4-12/h3-6,14H,2,7-11,16H2,1H3,(H,17,19). The van der Waals surface area contributed by atoms with Gasteiger partial charge in [0.25, 0.3) is 0 Å². The molecule has 0 aromatic heterocycles. The quantitative estimate of drug-likeness (QED) is 0.806. The average Bonchev–Trinajstić information content (AvgIpc) is 2.42. The molecule has 19 heavy (non-hydrogen) atoms. The van der Waals surface area contributed by atoms with E-state index in [9.17, 15) is 4.79 Å². The van der Waals surface area contributed by atoms with E-state index in [1.807, 2.05) is 24.3 Å². The van der Waals surface area contributed by atoms with Crippen molar-refractivity contribution in [1.29, 1.82) is 0 Å². The SMILES string of the molecule is CCN1CCC(NC(=O)Cc2ccc(N)cc2)CC1. The largest absolute Gasteiger partial charge is 0.399 e. The summed E-state index contributed by atoms with van der Waals surface area (Å²) in [6.07, 6.45) is 2.55. The summed E-state index contributed by atoms with van der Waals surface area (Å²) in [6, 6.07) is 7.83. The molecular weight excluding hydrogens is 238 g/mol. The minimum Gasteiger partial charge on any atom is -0.399 e. The number of hydrogen-bond acceptors (Lipinski definition) is 3. The van der Waals surface area contributed by atoms with E-state index in [1.54, 1.807) is 0 Å². The molecule has 1 amide bonds. The van der Waals surface area contributed by atoms with Gasteiger partial charge in [-0.3, -0.25) is 4.79 Å². The van der Waals surface area contributed by atoms with Gasteiger partial charge in [-0.15, -0.1) is 0 Å². The summed E-state index contributed by atoms with van der Waals surface area (Å²) in [6.45, 7) is 5.46. The summed E-state index contributed by atoms with van der Waals surface area (Å²) in [5.41, 5.74) is 7.37. The van der Waals surface area contributed by atoms with Gasteiger partial charge in [-0.25, -0.2) is 0 Å². The highest BCUT2D eigenvalue weighted by Crippen LogP contribution is 2.11. The Morgan fingerprint density at radius 2 is 1.95 bits per heavy atom. The van der Waals surface area contributed by atoms with Crippen LogP contribution in [0.4, 0.5) is 5.69 Å². The lowest BCUT2D eigenvalue weighted by molar-refractivity contribution is -0.121. The lowest BCUT2D eigenvalue weighted by atomic mass is 10.0. The topological polar surface area (TPSA) is 58.4 Å². The number of benzene rings is 1. The van der Waals surface area contributed by atoms with Crippen molar-refractivity contribution in [2.45, 2.75) is 32.2 Å². The molecule has 1 saturated heterocycles. The zero-order valence-corrected chi connectivity index (χ0v) is 11.6. The van der Waals surface area contributed by atoms with Gasteiger partial charge in [0.15, 0.2) is 0 Å². The molecule has 104 valence electrons. The van der Waals surface area contributed by atoms with Crippen LogP contribution in [-0.4, -0.2) is 36.5 Å². The Balaban J connectivity index is 1.77. The third-order valence-electron chi connectivity index (χ3n) is 3.74. The highest BCUT2D eigenvalue weighted by Gasteiger charge is 2.19. The monoisotopic (exact) mass is 261 g/mol. The Kier molecular flexibility index (Phi) is 4.80. The van der Waals surface area contributed by atoms with Gasteiger partial charge in [0.2, 0.25) is 5.91 Å². The number of hydrogen-bond donors (Lipinski definition) is 2. The summed E-state index contributed by atoms with van der Waals surface area (Å²) in [4.78, 5) is 14.4. The van der Waals surface area contributed by atoms with E-state index >= 15 is 0 Å². The zero-order valence-electron chi connectivity index (χ0n) is 11.6. The van der Waals surface area contributed by atoms with Gasteiger partial charge in [-0.05, 0) is 37.1 Å². The molecule has 0 bridgehead atoms. The van der Waals surface area contributed by atoms with E-state index in [2.05, 4.69) is 17.1 Å². The maximum Gasteiger partial charge on any atom is 0.224 e. The van der Waals surface area contributed by atoms with Crippen LogP contribution in [0.3, 0.4) is 0 Å². The fourth-order valence-electron chi connectivity index (χ4n) is 2.49. The molecular formula is C15H23N3O. The molecule has 0 radical (unpaired) electrons. The Hall–Kier alpha value is -1.55. The Bertz CT molecular complexity index is 408. The van der Waals surface area contributed by atoms with Crippen LogP contribution in [-0.2, 0) is 11.2 Å². The number of nitrogens with two attached hydrogens (primary N) is 1. The number of piperidine rings is 1. The second-order valence-corrected chi connectivity index (χ2v) is 5.19. The van der Waals surface area contributed by atoms with Gasteiger partial charge in [-0.2, -0.15) is 0 Å². The molecule has 0 spiro atoms. The predicted molar refractivity (Wildman–Crippen MR) is 77.8 cm³/mol. The van der Waals surface area contributed by atoms with E-state index in [1.165, 1.54) is 0 Å². The zero-order chi connectivity index (χ0) is 13.7. The third kappa shape index (κ3) is 4.24. The third-order valence-corrected chi connectivity index (χ3v) is 3.74. The molecule has 3 N–H and O–H groups in total. The van der Waals surface area contributed by atoms with Crippen LogP contribution in [0.2, 0.25) is 0 Å². The average molecular weight is 261 g/mol. The Morgan fingerprint density at radius 3 is 2.53 bits per heavy atom. The van der Waals surface area contributed by atoms with Crippen LogP contribution in [0.15, 0.2) is 24.3 Å². The summed E-state index contributed by atoms with van der Waals surface area (Å²) in [7, 11) is 0. The molecule has 1 aliphatic rings. The van der Waals surface area contributed by atoms with Crippen LogP contribution >= 0.6 is 0 Å². The van der Waals surface area contributed by atoms with Crippen molar-refractivity contribution in [3.05, 3.63) is 29.8 Å². The smallest absolute Gasteiger partial charge is 0.224 e. The summed E-state index contributed by atoms with van der Waals surface area (Å²) >= 11 is 0. The normalized spacial score (nSPS) is 17.3. The van der Waals surface area contributed by atoms with Gasteiger partial charge < -0.3 is 16.0 Å². The molecule has 0 aliphatic carbocycles. The number of amides is 1. The fourth-order valence-corrected chi connectivity index (χ4v) is 2.49. The van der Waals surface area contributed by atoms with E-state index in [0.717, 1.165) is 43.7 Å². The Morgan fingerprint density at radius 1 is 1.32 bits per heavy atom. The van der Waals surface area contributed by atoms with Gasteiger partial charge >= 0.3 is 0 Å². The maximum absolute atomic E-state index is 12.0. The van der Waals surface area contributed by atoms with E-state index in [-0.39, 0.29) is 5.91 Å². The molecule has 0 saturated carbocycles. The first-order valence-corrected chi connectivity index (χ1v) is 7.03. The Labute approximate surface area is 115 Å². The van der Waals surface area contributed by atoms with Crippen LogP contribution in [0.5, 0.6) is 0 Å². The van der Waals surface area contributed by atoms with Gasteiger partial charge in [0.1, 0.15) is 0 Å². The van der Waals surface area contributed by atoms with Crippen LogP contribution in [0.25, 0.3) is 0 Å². The summed E-state index contributed by atoms with van der Waals surface area (Å²) < 4.78 is 0. The first-order chi connectivity index (χ1) is 9.17. The first-order valence-electron chi connectivity index (χ1n) is 7.03. The van der Waals surface area contributed by atoms with Crippen molar-refractivity contribution in [3.63, 3.8) is 0 Å². The van der Waals surface area contributed by atoms with Crippen molar-refractivity contribution in [2.24, 2.45) is 0 Å². The fraction of sp³-hybridized carbons (Fsp3) is 0.533. The molecule has 1 aromatic carbocycles. The molecule has 2 rings (SSSR count). The molecule has 4 nitrogen and oxygen atoms in total. The molecule has 4 heteroatoms. The van der Waals surface area contributed by atoms with E-state index in [4.69, 9.17) is 5.73 Å². The number of carbonyl (C=O) groups excluding carboxylic acids is 1. The molecule has 0 unspecified atom stereocenters. The summed E-state index contributed by atoms with van der Waals surface area (Å²) in [5.74, 6) is 0.111. The number of nitrogens with zero attached hydrogens (tertiary/aromatic N) is 1. The minimum absolute atomic E-state index is 0.111. The molecule has 0 atom stereocenters. The van der Waals surface area contributed by atoms with Crippen molar-refractivity contribution in [2.75, 3.05) is 25.4 Å². The number of carbonyl (C=O) groups is 1. The number of rotatable bonds is 4. The van der Waals surface area contributed by atoms with Crippen molar-refractivity contribution in [1.82, 2.24) is 10.2 Å².